The zero-order valence-corrected chi connectivity index (χ0v) is 23.1. The fourth-order valence-electron chi connectivity index (χ4n) is 5.95. The summed E-state index contributed by atoms with van der Waals surface area (Å²) in [6.45, 7) is 2.05. The fraction of sp³-hybridized carbons (Fsp3) is 0.364. The zero-order valence-electron chi connectivity index (χ0n) is 23.1. The number of fused-ring (bicyclic) bond motifs is 3. The van der Waals surface area contributed by atoms with Gasteiger partial charge in [-0.05, 0) is 47.6 Å². The number of carboxylic acid groups (broad SMARTS) is 1. The molecule has 5 rings (SSSR count). The summed E-state index contributed by atoms with van der Waals surface area (Å²) in [5.74, 6) is -2.20. The van der Waals surface area contributed by atoms with Gasteiger partial charge in [0.15, 0.2) is 6.04 Å². The van der Waals surface area contributed by atoms with Gasteiger partial charge in [0, 0.05) is 12.0 Å². The van der Waals surface area contributed by atoms with Gasteiger partial charge in [-0.25, -0.2) is 9.59 Å². The van der Waals surface area contributed by atoms with Crippen molar-refractivity contribution in [3.63, 3.8) is 0 Å². The van der Waals surface area contributed by atoms with Crippen molar-refractivity contribution in [2.45, 2.75) is 63.3 Å². The largest absolute Gasteiger partial charge is 0.480 e. The number of aliphatic carboxylic acids is 1. The molecule has 0 aliphatic heterocycles. The van der Waals surface area contributed by atoms with Crippen molar-refractivity contribution in [1.29, 1.82) is 0 Å². The standard InChI is InChI=1S/C33H36N2O6/c1-21(40-19-22-11-3-2-4-12-22)30(32(37)38)35-31(36)27-17-9-10-18-29(27)34-33(39)41-20-28-25-15-7-5-13-23(25)24-14-6-8-16-26(24)28/h2-8,11-16,21,27-30H,9-10,17-20H2,1H3,(H,34,39)(H,35,36)(H,37,38)/t21-,27?,29?,30+/m1/s1. The Kier molecular flexibility index (Phi) is 8.99. The second-order valence-corrected chi connectivity index (χ2v) is 10.8. The van der Waals surface area contributed by atoms with E-state index < -0.39 is 42.1 Å². The van der Waals surface area contributed by atoms with Crippen molar-refractivity contribution in [3.8, 4) is 11.1 Å². The first-order chi connectivity index (χ1) is 19.9. The molecule has 2 amide bonds. The summed E-state index contributed by atoms with van der Waals surface area (Å²) in [5.41, 5.74) is 5.46. The average Bonchev–Trinajstić information content (AvgIpc) is 3.31. The molecule has 0 aromatic heterocycles. The molecule has 0 bridgehead atoms. The summed E-state index contributed by atoms with van der Waals surface area (Å²) in [6.07, 6.45) is 1.50. The van der Waals surface area contributed by atoms with Crippen LogP contribution < -0.4 is 10.6 Å². The lowest BCUT2D eigenvalue weighted by Crippen LogP contribution is -2.54. The number of rotatable bonds is 10. The third-order valence-corrected chi connectivity index (χ3v) is 8.14. The van der Waals surface area contributed by atoms with Crippen molar-refractivity contribution < 1.29 is 29.0 Å². The summed E-state index contributed by atoms with van der Waals surface area (Å²) in [7, 11) is 0. The van der Waals surface area contributed by atoms with Crippen LogP contribution in [0.3, 0.4) is 0 Å². The molecule has 2 unspecified atom stereocenters. The van der Waals surface area contributed by atoms with E-state index in [9.17, 15) is 19.5 Å². The summed E-state index contributed by atoms with van der Waals surface area (Å²) >= 11 is 0. The number of nitrogens with one attached hydrogen (secondary N) is 2. The number of hydrogen-bond donors (Lipinski definition) is 3. The smallest absolute Gasteiger partial charge is 0.407 e. The number of carbonyl (C=O) groups excluding carboxylic acids is 2. The van der Waals surface area contributed by atoms with Gasteiger partial charge in [-0.2, -0.15) is 0 Å². The number of carboxylic acids is 1. The molecule has 8 heteroatoms. The van der Waals surface area contributed by atoms with Gasteiger partial charge in [0.05, 0.1) is 18.6 Å². The zero-order chi connectivity index (χ0) is 28.8. The van der Waals surface area contributed by atoms with E-state index in [2.05, 4.69) is 34.9 Å². The van der Waals surface area contributed by atoms with Crippen LogP contribution >= 0.6 is 0 Å². The maximum atomic E-state index is 13.3. The molecule has 3 aromatic carbocycles. The monoisotopic (exact) mass is 556 g/mol. The van der Waals surface area contributed by atoms with E-state index in [-0.39, 0.29) is 19.1 Å². The van der Waals surface area contributed by atoms with Gasteiger partial charge in [0.2, 0.25) is 5.91 Å². The molecule has 1 fully saturated rings. The SMILES string of the molecule is C[C@@H](OCc1ccccc1)[C@H](NC(=O)C1CCCCC1NC(=O)OCC1c2ccccc2-c2ccccc21)C(=O)O. The molecule has 2 aliphatic rings. The van der Waals surface area contributed by atoms with Crippen LogP contribution in [0.25, 0.3) is 11.1 Å². The molecule has 0 radical (unpaired) electrons. The van der Waals surface area contributed by atoms with Crippen LogP contribution in [0.2, 0.25) is 0 Å². The van der Waals surface area contributed by atoms with Crippen LogP contribution in [0.15, 0.2) is 78.9 Å². The van der Waals surface area contributed by atoms with E-state index >= 15 is 0 Å². The lowest BCUT2D eigenvalue weighted by atomic mass is 9.83. The van der Waals surface area contributed by atoms with Crippen LogP contribution in [0.5, 0.6) is 0 Å². The molecule has 0 spiro atoms. The van der Waals surface area contributed by atoms with Crippen LogP contribution in [0, 0.1) is 5.92 Å². The van der Waals surface area contributed by atoms with Crippen LogP contribution in [0.4, 0.5) is 4.79 Å². The van der Waals surface area contributed by atoms with Crippen molar-refractivity contribution in [1.82, 2.24) is 10.6 Å². The van der Waals surface area contributed by atoms with E-state index in [1.54, 1.807) is 6.92 Å². The first-order valence-corrected chi connectivity index (χ1v) is 14.2. The molecule has 3 aromatic rings. The molecule has 2 aliphatic carbocycles. The summed E-state index contributed by atoms with van der Waals surface area (Å²) in [6, 6.07) is 24.0. The Morgan fingerprint density at radius 2 is 1.49 bits per heavy atom. The quantitative estimate of drug-likeness (QED) is 0.314. The summed E-state index contributed by atoms with van der Waals surface area (Å²) in [5, 5.41) is 15.4. The topological polar surface area (TPSA) is 114 Å². The van der Waals surface area contributed by atoms with E-state index in [0.29, 0.717) is 12.8 Å². The van der Waals surface area contributed by atoms with E-state index in [1.807, 2.05) is 54.6 Å². The summed E-state index contributed by atoms with van der Waals surface area (Å²) in [4.78, 5) is 38.3. The second kappa shape index (κ2) is 13.0. The molecule has 8 nitrogen and oxygen atoms in total. The Hall–Kier alpha value is -4.17. The predicted octanol–water partition coefficient (Wildman–Crippen LogP) is 5.26. The number of amides is 2. The third kappa shape index (κ3) is 6.60. The lowest BCUT2D eigenvalue weighted by Gasteiger charge is -2.32. The highest BCUT2D eigenvalue weighted by molar-refractivity contribution is 5.86. The molecule has 1 saturated carbocycles. The van der Waals surface area contributed by atoms with Crippen molar-refractivity contribution in [2.75, 3.05) is 6.61 Å². The maximum absolute atomic E-state index is 13.3. The Balaban J connectivity index is 1.18. The minimum absolute atomic E-state index is 0.0627. The highest BCUT2D eigenvalue weighted by Crippen LogP contribution is 2.44. The molecular formula is C33H36N2O6. The number of carbonyl (C=O) groups is 3. The second-order valence-electron chi connectivity index (χ2n) is 10.8. The minimum Gasteiger partial charge on any atom is -0.480 e. The maximum Gasteiger partial charge on any atom is 0.407 e. The molecule has 214 valence electrons. The van der Waals surface area contributed by atoms with Crippen LogP contribution in [-0.4, -0.2) is 47.9 Å². The van der Waals surface area contributed by atoms with Crippen molar-refractivity contribution in [2.24, 2.45) is 5.92 Å². The Labute approximate surface area is 240 Å². The van der Waals surface area contributed by atoms with Crippen LogP contribution in [0.1, 0.15) is 55.2 Å². The van der Waals surface area contributed by atoms with Crippen LogP contribution in [-0.2, 0) is 25.7 Å². The Morgan fingerprint density at radius 3 is 2.15 bits per heavy atom. The molecule has 4 atom stereocenters. The van der Waals surface area contributed by atoms with Gasteiger partial charge >= 0.3 is 12.1 Å². The Bertz CT molecular complexity index is 1330. The van der Waals surface area contributed by atoms with Crippen molar-refractivity contribution >= 4 is 18.0 Å². The lowest BCUT2D eigenvalue weighted by molar-refractivity contribution is -0.147. The molecule has 3 N–H and O–H groups in total. The van der Waals surface area contributed by atoms with Gasteiger partial charge in [0.25, 0.3) is 0 Å². The highest BCUT2D eigenvalue weighted by Gasteiger charge is 2.36. The predicted molar refractivity (Wildman–Crippen MR) is 154 cm³/mol. The number of hydrogen-bond acceptors (Lipinski definition) is 5. The number of ether oxygens (including phenoxy) is 2. The van der Waals surface area contributed by atoms with E-state index in [1.165, 1.54) is 0 Å². The number of benzene rings is 3. The average molecular weight is 557 g/mol. The fourth-order valence-corrected chi connectivity index (χ4v) is 5.95. The first-order valence-electron chi connectivity index (χ1n) is 14.2. The van der Waals surface area contributed by atoms with Crippen molar-refractivity contribution in [3.05, 3.63) is 95.6 Å². The Morgan fingerprint density at radius 1 is 0.878 bits per heavy atom. The molecule has 41 heavy (non-hydrogen) atoms. The van der Waals surface area contributed by atoms with Gasteiger partial charge < -0.3 is 25.2 Å². The molecule has 0 saturated heterocycles. The van der Waals surface area contributed by atoms with Gasteiger partial charge in [-0.3, -0.25) is 4.79 Å². The van der Waals surface area contributed by atoms with E-state index in [0.717, 1.165) is 40.7 Å². The number of alkyl carbamates (subject to hydrolysis) is 1. The molecule has 0 heterocycles. The third-order valence-electron chi connectivity index (χ3n) is 8.14. The van der Waals surface area contributed by atoms with Gasteiger partial charge in [-0.1, -0.05) is 91.7 Å². The molecular weight excluding hydrogens is 520 g/mol. The van der Waals surface area contributed by atoms with Gasteiger partial charge in [-0.15, -0.1) is 0 Å². The summed E-state index contributed by atoms with van der Waals surface area (Å²) < 4.78 is 11.5. The van der Waals surface area contributed by atoms with E-state index in [4.69, 9.17) is 9.47 Å². The highest BCUT2D eigenvalue weighted by atomic mass is 16.5. The van der Waals surface area contributed by atoms with Gasteiger partial charge in [0.1, 0.15) is 6.61 Å². The minimum atomic E-state index is -1.22. The first kappa shape index (κ1) is 28.4. The normalized spacial score (nSPS) is 19.3.